The lowest BCUT2D eigenvalue weighted by atomic mass is 10.1. The first kappa shape index (κ1) is 10.9. The molecule has 1 aromatic heterocycles. The zero-order valence-electron chi connectivity index (χ0n) is 9.77. The molecule has 16 heavy (non-hydrogen) atoms. The van der Waals surface area contributed by atoms with Crippen molar-refractivity contribution in [3.8, 4) is 5.69 Å². The Bertz CT molecular complexity index is 465. The van der Waals surface area contributed by atoms with Gasteiger partial charge < -0.3 is 5.73 Å². The van der Waals surface area contributed by atoms with Crippen LogP contribution < -0.4 is 5.73 Å². The smallest absolute Gasteiger partial charge is 0.0703 e. The summed E-state index contributed by atoms with van der Waals surface area (Å²) in [7, 11) is 0. The van der Waals surface area contributed by atoms with Crippen LogP contribution >= 0.6 is 0 Å². The number of aryl methyl sites for hydroxylation is 2. The molecule has 0 bridgehead atoms. The van der Waals surface area contributed by atoms with Crippen LogP contribution in [0.25, 0.3) is 5.69 Å². The van der Waals surface area contributed by atoms with Crippen LogP contribution in [0.4, 0.5) is 0 Å². The Morgan fingerprint density at radius 2 is 1.94 bits per heavy atom. The Kier molecular flexibility index (Phi) is 3.06. The summed E-state index contributed by atoms with van der Waals surface area (Å²) >= 11 is 0. The summed E-state index contributed by atoms with van der Waals surface area (Å²) in [5.74, 6) is 0. The van der Waals surface area contributed by atoms with Crippen molar-refractivity contribution in [2.24, 2.45) is 5.73 Å². The molecule has 0 unspecified atom stereocenters. The zero-order valence-corrected chi connectivity index (χ0v) is 9.77. The van der Waals surface area contributed by atoms with E-state index in [1.165, 1.54) is 22.4 Å². The second-order valence-electron chi connectivity index (χ2n) is 4.07. The van der Waals surface area contributed by atoms with Crippen molar-refractivity contribution in [2.75, 3.05) is 6.54 Å². The van der Waals surface area contributed by atoms with Gasteiger partial charge in [0.25, 0.3) is 0 Å². The molecule has 0 aliphatic carbocycles. The van der Waals surface area contributed by atoms with Crippen LogP contribution in [0.5, 0.6) is 0 Å². The summed E-state index contributed by atoms with van der Waals surface area (Å²) < 4.78 is 1.94. The largest absolute Gasteiger partial charge is 0.330 e. The van der Waals surface area contributed by atoms with E-state index in [9.17, 15) is 0 Å². The maximum absolute atomic E-state index is 5.53. The van der Waals surface area contributed by atoms with Gasteiger partial charge in [0.1, 0.15) is 0 Å². The molecule has 0 aliphatic rings. The van der Waals surface area contributed by atoms with E-state index in [-0.39, 0.29) is 0 Å². The van der Waals surface area contributed by atoms with Gasteiger partial charge in [0.05, 0.1) is 11.9 Å². The molecule has 0 spiro atoms. The number of benzene rings is 1. The van der Waals surface area contributed by atoms with E-state index < -0.39 is 0 Å². The molecule has 2 rings (SSSR count). The molecule has 0 radical (unpaired) electrons. The number of aromatic nitrogens is 2. The molecule has 0 saturated carbocycles. The van der Waals surface area contributed by atoms with Crippen molar-refractivity contribution in [3.05, 3.63) is 47.3 Å². The van der Waals surface area contributed by atoms with Gasteiger partial charge in [-0.3, -0.25) is 0 Å². The van der Waals surface area contributed by atoms with E-state index in [0.29, 0.717) is 6.54 Å². The SMILES string of the molecule is Cc1cccc(C)c1-n1cc(CCN)cn1. The van der Waals surface area contributed by atoms with Gasteiger partial charge in [-0.15, -0.1) is 0 Å². The molecule has 3 nitrogen and oxygen atoms in total. The lowest BCUT2D eigenvalue weighted by Gasteiger charge is -2.08. The second kappa shape index (κ2) is 4.49. The van der Waals surface area contributed by atoms with Gasteiger partial charge in [0, 0.05) is 6.20 Å². The fraction of sp³-hybridized carbons (Fsp3) is 0.308. The maximum Gasteiger partial charge on any atom is 0.0703 e. The highest BCUT2D eigenvalue weighted by molar-refractivity contribution is 5.46. The number of para-hydroxylation sites is 1. The second-order valence-corrected chi connectivity index (χ2v) is 4.07. The van der Waals surface area contributed by atoms with Crippen molar-refractivity contribution in [1.29, 1.82) is 0 Å². The van der Waals surface area contributed by atoms with Crippen LogP contribution in [0.3, 0.4) is 0 Å². The summed E-state index contributed by atoms with van der Waals surface area (Å²) in [6.07, 6.45) is 4.83. The highest BCUT2D eigenvalue weighted by atomic mass is 15.3. The van der Waals surface area contributed by atoms with Crippen LogP contribution in [-0.2, 0) is 6.42 Å². The summed E-state index contributed by atoms with van der Waals surface area (Å²) in [4.78, 5) is 0. The average molecular weight is 215 g/mol. The van der Waals surface area contributed by atoms with E-state index in [4.69, 9.17) is 5.73 Å². The minimum absolute atomic E-state index is 0.665. The highest BCUT2D eigenvalue weighted by Crippen LogP contribution is 2.18. The summed E-state index contributed by atoms with van der Waals surface area (Å²) in [6, 6.07) is 6.28. The van der Waals surface area contributed by atoms with Gasteiger partial charge in [0.15, 0.2) is 0 Å². The summed E-state index contributed by atoms with van der Waals surface area (Å²) in [5.41, 5.74) is 10.4. The van der Waals surface area contributed by atoms with Gasteiger partial charge in [-0.25, -0.2) is 4.68 Å². The first-order valence-electron chi connectivity index (χ1n) is 5.52. The standard InChI is InChI=1S/C13H17N3/c1-10-4-3-5-11(2)13(10)16-9-12(6-7-14)8-15-16/h3-5,8-9H,6-7,14H2,1-2H3. The predicted octanol–water partition coefficient (Wildman–Crippen LogP) is 1.99. The number of rotatable bonds is 3. The van der Waals surface area contributed by atoms with Crippen molar-refractivity contribution < 1.29 is 0 Å². The highest BCUT2D eigenvalue weighted by Gasteiger charge is 2.06. The molecule has 1 heterocycles. The molecule has 2 N–H and O–H groups in total. The van der Waals surface area contributed by atoms with E-state index in [0.717, 1.165) is 6.42 Å². The molecule has 84 valence electrons. The lowest BCUT2D eigenvalue weighted by molar-refractivity contribution is 0.863. The predicted molar refractivity (Wildman–Crippen MR) is 65.8 cm³/mol. The van der Waals surface area contributed by atoms with Crippen molar-refractivity contribution in [3.63, 3.8) is 0 Å². The fourth-order valence-corrected chi connectivity index (χ4v) is 1.95. The van der Waals surface area contributed by atoms with Crippen LogP contribution in [0.2, 0.25) is 0 Å². The third-order valence-corrected chi connectivity index (χ3v) is 2.74. The summed E-state index contributed by atoms with van der Waals surface area (Å²) in [6.45, 7) is 4.87. The Balaban J connectivity index is 2.42. The third-order valence-electron chi connectivity index (χ3n) is 2.74. The van der Waals surface area contributed by atoms with Crippen LogP contribution in [0.1, 0.15) is 16.7 Å². The zero-order chi connectivity index (χ0) is 11.5. The van der Waals surface area contributed by atoms with E-state index in [2.05, 4.69) is 43.3 Å². The topological polar surface area (TPSA) is 43.8 Å². The number of hydrogen-bond donors (Lipinski definition) is 1. The first-order valence-corrected chi connectivity index (χ1v) is 5.52. The van der Waals surface area contributed by atoms with E-state index >= 15 is 0 Å². The molecular formula is C13H17N3. The van der Waals surface area contributed by atoms with Gasteiger partial charge in [0.2, 0.25) is 0 Å². The fourth-order valence-electron chi connectivity index (χ4n) is 1.95. The van der Waals surface area contributed by atoms with Crippen LogP contribution in [-0.4, -0.2) is 16.3 Å². The third kappa shape index (κ3) is 1.99. The number of nitrogens with two attached hydrogens (primary N) is 1. The molecule has 0 aliphatic heterocycles. The van der Waals surface area contributed by atoms with Crippen LogP contribution in [0, 0.1) is 13.8 Å². The van der Waals surface area contributed by atoms with E-state index in [1.54, 1.807) is 0 Å². The molecular weight excluding hydrogens is 198 g/mol. The summed E-state index contributed by atoms with van der Waals surface area (Å²) in [5, 5.41) is 4.39. The van der Waals surface area contributed by atoms with Crippen molar-refractivity contribution >= 4 is 0 Å². The Labute approximate surface area is 95.9 Å². The first-order chi connectivity index (χ1) is 7.72. The molecule has 0 amide bonds. The van der Waals surface area contributed by atoms with Gasteiger partial charge >= 0.3 is 0 Å². The minimum atomic E-state index is 0.665. The average Bonchev–Trinajstić information content (AvgIpc) is 2.67. The normalized spacial score (nSPS) is 10.7. The van der Waals surface area contributed by atoms with Gasteiger partial charge in [-0.05, 0) is 43.5 Å². The molecule has 0 saturated heterocycles. The minimum Gasteiger partial charge on any atom is -0.330 e. The molecule has 2 aromatic rings. The Morgan fingerprint density at radius 1 is 1.25 bits per heavy atom. The van der Waals surface area contributed by atoms with Gasteiger partial charge in [-0.2, -0.15) is 5.10 Å². The lowest BCUT2D eigenvalue weighted by Crippen LogP contribution is -2.02. The van der Waals surface area contributed by atoms with Crippen molar-refractivity contribution in [2.45, 2.75) is 20.3 Å². The number of hydrogen-bond acceptors (Lipinski definition) is 2. The Morgan fingerprint density at radius 3 is 2.56 bits per heavy atom. The Hall–Kier alpha value is -1.61. The molecule has 0 fully saturated rings. The quantitative estimate of drug-likeness (QED) is 0.851. The van der Waals surface area contributed by atoms with Crippen molar-refractivity contribution in [1.82, 2.24) is 9.78 Å². The van der Waals surface area contributed by atoms with Crippen LogP contribution in [0.15, 0.2) is 30.6 Å². The maximum atomic E-state index is 5.53. The molecule has 0 atom stereocenters. The molecule has 3 heteroatoms. The number of nitrogens with zero attached hydrogens (tertiary/aromatic N) is 2. The molecule has 1 aromatic carbocycles. The van der Waals surface area contributed by atoms with E-state index in [1.807, 2.05) is 10.9 Å². The van der Waals surface area contributed by atoms with Gasteiger partial charge in [-0.1, -0.05) is 18.2 Å². The monoisotopic (exact) mass is 215 g/mol.